The Hall–Kier alpha value is -5.70. The molecule has 214 valence electrons. The highest BCUT2D eigenvalue weighted by atomic mass is 32.1. The number of hydrogen-bond acceptors (Lipinski definition) is 1. The van der Waals surface area contributed by atoms with Crippen LogP contribution in [0.15, 0.2) is 164 Å². The summed E-state index contributed by atoms with van der Waals surface area (Å²) in [6.07, 6.45) is 0. The van der Waals surface area contributed by atoms with Gasteiger partial charge in [0.05, 0.1) is 16.7 Å². The lowest BCUT2D eigenvalue weighted by Crippen LogP contribution is -1.94. The van der Waals surface area contributed by atoms with E-state index < -0.39 is 0 Å². The Bertz CT molecular complexity index is 2760. The molecule has 10 aromatic rings. The zero-order chi connectivity index (χ0) is 30.2. The van der Waals surface area contributed by atoms with E-state index in [0.29, 0.717) is 0 Å². The van der Waals surface area contributed by atoms with Crippen molar-refractivity contribution >= 4 is 74.9 Å². The first kappa shape index (κ1) is 25.6. The van der Waals surface area contributed by atoms with E-state index in [9.17, 15) is 0 Å². The van der Waals surface area contributed by atoms with Crippen molar-refractivity contribution in [3.8, 4) is 27.9 Å². The van der Waals surface area contributed by atoms with Gasteiger partial charge >= 0.3 is 0 Å². The van der Waals surface area contributed by atoms with Crippen LogP contribution in [-0.2, 0) is 0 Å². The van der Waals surface area contributed by atoms with Gasteiger partial charge in [0.1, 0.15) is 0 Å². The van der Waals surface area contributed by atoms with Gasteiger partial charge in [0.2, 0.25) is 0 Å². The van der Waals surface area contributed by atoms with Crippen LogP contribution in [0.1, 0.15) is 0 Å². The van der Waals surface area contributed by atoms with Gasteiger partial charge in [-0.1, -0.05) is 115 Å². The summed E-state index contributed by atoms with van der Waals surface area (Å²) in [5, 5.41) is 10.3. The number of hydrogen-bond donors (Lipinski definition) is 0. The molecular formula is C44H27NS. The smallest absolute Gasteiger partial charge is 0.0555 e. The maximum absolute atomic E-state index is 2.47. The van der Waals surface area contributed by atoms with Crippen molar-refractivity contribution in [1.29, 1.82) is 0 Å². The van der Waals surface area contributed by atoms with Crippen LogP contribution in [0, 0.1) is 0 Å². The lowest BCUT2D eigenvalue weighted by atomic mass is 9.90. The van der Waals surface area contributed by atoms with Crippen LogP contribution < -0.4 is 0 Å². The molecule has 0 radical (unpaired) electrons. The van der Waals surface area contributed by atoms with Crippen molar-refractivity contribution < 1.29 is 0 Å². The normalized spacial score (nSPS) is 11.9. The van der Waals surface area contributed by atoms with Crippen LogP contribution in [0.25, 0.3) is 91.5 Å². The Morgan fingerprint density at radius 3 is 1.80 bits per heavy atom. The largest absolute Gasteiger partial charge is 0.309 e. The van der Waals surface area contributed by atoms with E-state index in [0.717, 1.165) is 0 Å². The number of nitrogens with zero attached hydrogens (tertiary/aromatic N) is 1. The lowest BCUT2D eigenvalue weighted by molar-refractivity contribution is 1.20. The van der Waals surface area contributed by atoms with Crippen molar-refractivity contribution in [3.63, 3.8) is 0 Å². The molecule has 0 amide bonds. The third-order valence-corrected chi connectivity index (χ3v) is 10.7. The molecule has 2 aromatic heterocycles. The Labute approximate surface area is 270 Å². The molecule has 0 aliphatic rings. The van der Waals surface area contributed by atoms with Gasteiger partial charge in [0.15, 0.2) is 0 Å². The fourth-order valence-electron chi connectivity index (χ4n) is 7.53. The summed E-state index contributed by atoms with van der Waals surface area (Å²) in [6.45, 7) is 0. The summed E-state index contributed by atoms with van der Waals surface area (Å²) in [5.74, 6) is 0. The van der Waals surface area contributed by atoms with Gasteiger partial charge in [0.25, 0.3) is 0 Å². The molecule has 0 aliphatic heterocycles. The van der Waals surface area contributed by atoms with Crippen molar-refractivity contribution in [2.45, 2.75) is 0 Å². The number of aromatic nitrogens is 1. The molecule has 2 heterocycles. The summed E-state index contributed by atoms with van der Waals surface area (Å²) in [6, 6.07) is 60.2. The highest BCUT2D eigenvalue weighted by Crippen LogP contribution is 2.42. The minimum atomic E-state index is 1.22. The molecule has 1 nitrogen and oxygen atoms in total. The minimum Gasteiger partial charge on any atom is -0.309 e. The molecule has 10 rings (SSSR count). The number of benzene rings is 8. The SMILES string of the molecule is c1cc(-c2ccc3c(c2)c2ccccc2n3-c2cccc3sc4ccccc4c23)cc(-c2c3ccccc3cc3ccccc23)c1. The first-order valence-corrected chi connectivity index (χ1v) is 16.6. The number of fused-ring (bicyclic) bond motifs is 8. The van der Waals surface area contributed by atoms with Crippen molar-refractivity contribution in [3.05, 3.63) is 164 Å². The standard InChI is InChI=1S/C44H27NS/c1-3-15-33-30(11-1)26-31-12-2-4-16-34(31)43(33)32-14-9-13-28(25-32)29-23-24-39-37(27-29)35-17-5-7-19-38(35)45(39)40-20-10-22-42-44(40)36-18-6-8-21-41(36)46-42/h1-27H. The predicted molar refractivity (Wildman–Crippen MR) is 200 cm³/mol. The maximum atomic E-state index is 2.47. The van der Waals surface area contributed by atoms with Gasteiger partial charge in [0, 0.05) is 30.9 Å². The first-order valence-electron chi connectivity index (χ1n) is 15.8. The zero-order valence-corrected chi connectivity index (χ0v) is 25.8. The van der Waals surface area contributed by atoms with E-state index in [2.05, 4.69) is 168 Å². The van der Waals surface area contributed by atoms with Crippen LogP contribution in [0.5, 0.6) is 0 Å². The van der Waals surface area contributed by atoms with Gasteiger partial charge in [-0.15, -0.1) is 11.3 Å². The molecule has 46 heavy (non-hydrogen) atoms. The maximum Gasteiger partial charge on any atom is 0.0555 e. The van der Waals surface area contributed by atoms with E-state index in [1.807, 2.05) is 11.3 Å². The Morgan fingerprint density at radius 1 is 0.370 bits per heavy atom. The van der Waals surface area contributed by atoms with Gasteiger partial charge in [-0.2, -0.15) is 0 Å². The molecule has 0 spiro atoms. The van der Waals surface area contributed by atoms with E-state index in [1.165, 1.54) is 91.5 Å². The highest BCUT2D eigenvalue weighted by Gasteiger charge is 2.18. The minimum absolute atomic E-state index is 1.22. The fraction of sp³-hybridized carbons (Fsp3) is 0. The predicted octanol–water partition coefficient (Wildman–Crippen LogP) is 12.8. The molecule has 0 bridgehead atoms. The third kappa shape index (κ3) is 3.74. The average Bonchev–Trinajstić information content (AvgIpc) is 3.66. The highest BCUT2D eigenvalue weighted by molar-refractivity contribution is 7.25. The van der Waals surface area contributed by atoms with Crippen LogP contribution >= 0.6 is 11.3 Å². The van der Waals surface area contributed by atoms with E-state index in [-0.39, 0.29) is 0 Å². The topological polar surface area (TPSA) is 4.93 Å². The molecule has 0 aliphatic carbocycles. The third-order valence-electron chi connectivity index (χ3n) is 9.55. The second-order valence-corrected chi connectivity index (χ2v) is 13.2. The molecule has 0 unspecified atom stereocenters. The molecule has 0 saturated heterocycles. The number of para-hydroxylation sites is 1. The monoisotopic (exact) mass is 601 g/mol. The Kier molecular flexibility index (Phi) is 5.51. The zero-order valence-electron chi connectivity index (χ0n) is 24.9. The van der Waals surface area contributed by atoms with Crippen LogP contribution in [0.4, 0.5) is 0 Å². The first-order chi connectivity index (χ1) is 22.8. The molecule has 2 heteroatoms. The number of thiophene rings is 1. The van der Waals surface area contributed by atoms with Crippen LogP contribution in [-0.4, -0.2) is 4.57 Å². The van der Waals surface area contributed by atoms with Crippen molar-refractivity contribution in [2.75, 3.05) is 0 Å². The summed E-state index contributed by atoms with van der Waals surface area (Å²) in [5.41, 5.74) is 8.67. The molecular weight excluding hydrogens is 575 g/mol. The van der Waals surface area contributed by atoms with E-state index in [4.69, 9.17) is 0 Å². The Morgan fingerprint density at radius 2 is 0.978 bits per heavy atom. The second kappa shape index (κ2) is 9.90. The Balaban J connectivity index is 1.20. The van der Waals surface area contributed by atoms with Crippen molar-refractivity contribution in [1.82, 2.24) is 4.57 Å². The van der Waals surface area contributed by atoms with Gasteiger partial charge in [-0.05, 0) is 92.3 Å². The lowest BCUT2D eigenvalue weighted by Gasteiger charge is -2.14. The molecule has 0 atom stereocenters. The van der Waals surface area contributed by atoms with E-state index >= 15 is 0 Å². The van der Waals surface area contributed by atoms with Crippen molar-refractivity contribution in [2.24, 2.45) is 0 Å². The quantitative estimate of drug-likeness (QED) is 0.178. The molecule has 0 N–H and O–H groups in total. The van der Waals surface area contributed by atoms with Gasteiger partial charge in [-0.25, -0.2) is 0 Å². The summed E-state index contributed by atoms with van der Waals surface area (Å²) in [7, 11) is 0. The fourth-order valence-corrected chi connectivity index (χ4v) is 8.66. The number of rotatable bonds is 3. The summed E-state index contributed by atoms with van der Waals surface area (Å²) in [4.78, 5) is 0. The molecule has 0 fully saturated rings. The van der Waals surface area contributed by atoms with Crippen LogP contribution in [0.3, 0.4) is 0 Å². The molecule has 0 saturated carbocycles. The van der Waals surface area contributed by atoms with E-state index in [1.54, 1.807) is 0 Å². The summed E-state index contributed by atoms with van der Waals surface area (Å²) >= 11 is 1.87. The van der Waals surface area contributed by atoms with Gasteiger partial charge in [-0.3, -0.25) is 0 Å². The van der Waals surface area contributed by atoms with Gasteiger partial charge < -0.3 is 4.57 Å². The van der Waals surface area contributed by atoms with Crippen LogP contribution in [0.2, 0.25) is 0 Å². The average molecular weight is 602 g/mol. The second-order valence-electron chi connectivity index (χ2n) is 12.1. The molecule has 8 aromatic carbocycles. The summed E-state index contributed by atoms with van der Waals surface area (Å²) < 4.78 is 5.11.